The minimum absolute atomic E-state index is 0.137. The minimum atomic E-state index is -0.137. The van der Waals surface area contributed by atoms with Crippen LogP contribution in [0.15, 0.2) is 42.7 Å². The second-order valence-corrected chi connectivity index (χ2v) is 12.0. The normalized spacial score (nSPS) is 21.2. The van der Waals surface area contributed by atoms with E-state index in [-0.39, 0.29) is 5.97 Å². The molecule has 0 aliphatic carbocycles. The van der Waals surface area contributed by atoms with Crippen LogP contribution < -0.4 is 9.64 Å². The number of carbonyl (C=O) groups is 1. The van der Waals surface area contributed by atoms with Gasteiger partial charge in [0.2, 0.25) is 11.8 Å². The lowest BCUT2D eigenvalue weighted by Crippen LogP contribution is -2.47. The smallest absolute Gasteiger partial charge is 0.305 e. The van der Waals surface area contributed by atoms with E-state index in [4.69, 9.17) is 37.7 Å². The first kappa shape index (κ1) is 28.2. The fourth-order valence-corrected chi connectivity index (χ4v) is 6.60. The molecule has 5 heterocycles. The highest BCUT2D eigenvalue weighted by Crippen LogP contribution is 2.31. The van der Waals surface area contributed by atoms with Crippen LogP contribution >= 0.6 is 23.2 Å². The molecule has 0 spiro atoms. The molecule has 0 amide bonds. The number of anilines is 1. The van der Waals surface area contributed by atoms with Gasteiger partial charge in [0, 0.05) is 66.9 Å². The Kier molecular flexibility index (Phi) is 8.57. The quantitative estimate of drug-likeness (QED) is 0.321. The van der Waals surface area contributed by atoms with Crippen LogP contribution in [0.5, 0.6) is 11.6 Å². The van der Waals surface area contributed by atoms with Gasteiger partial charge in [-0.15, -0.1) is 0 Å². The molecule has 0 radical (unpaired) electrons. The van der Waals surface area contributed by atoms with Gasteiger partial charge in [-0.2, -0.15) is 0 Å². The summed E-state index contributed by atoms with van der Waals surface area (Å²) in [6, 6.07) is 9.89. The molecule has 9 nitrogen and oxygen atoms in total. The summed E-state index contributed by atoms with van der Waals surface area (Å²) in [4.78, 5) is 33.0. The van der Waals surface area contributed by atoms with Crippen LogP contribution in [0.4, 0.5) is 5.95 Å². The maximum Gasteiger partial charge on any atom is 0.305 e. The first-order valence-corrected chi connectivity index (χ1v) is 14.9. The van der Waals surface area contributed by atoms with Gasteiger partial charge in [-0.1, -0.05) is 23.2 Å². The van der Waals surface area contributed by atoms with Crippen molar-refractivity contribution in [3.8, 4) is 22.9 Å². The maximum absolute atomic E-state index is 11.7. The number of likely N-dealkylation sites (tertiary alicyclic amines) is 1. The van der Waals surface area contributed by atoms with Crippen LogP contribution in [0.25, 0.3) is 11.3 Å². The van der Waals surface area contributed by atoms with Crippen molar-refractivity contribution in [2.45, 2.75) is 38.3 Å². The molecule has 2 bridgehead atoms. The molecule has 2 atom stereocenters. The molecule has 216 valence electrons. The van der Waals surface area contributed by atoms with Gasteiger partial charge in [0.15, 0.2) is 5.75 Å². The van der Waals surface area contributed by atoms with Gasteiger partial charge in [-0.3, -0.25) is 14.6 Å². The fraction of sp³-hybridized carbons (Fsp3) is 0.467. The topological polar surface area (TPSA) is 83.9 Å². The number of benzene rings is 1. The fourth-order valence-electron chi connectivity index (χ4n) is 6.07. The molecule has 11 heteroatoms. The molecule has 3 aromatic rings. The first-order chi connectivity index (χ1) is 19.9. The van der Waals surface area contributed by atoms with Crippen LogP contribution in [0.3, 0.4) is 0 Å². The summed E-state index contributed by atoms with van der Waals surface area (Å²) in [6.45, 7) is 6.77. The summed E-state index contributed by atoms with van der Waals surface area (Å²) in [5, 5.41) is 1.09. The number of nitrogens with zero attached hydrogens (tertiary/aromatic N) is 6. The van der Waals surface area contributed by atoms with Crippen LogP contribution in [0.1, 0.15) is 31.2 Å². The van der Waals surface area contributed by atoms with Crippen LogP contribution in [-0.2, 0) is 16.1 Å². The summed E-state index contributed by atoms with van der Waals surface area (Å²) in [7, 11) is 1.45. The molecule has 3 saturated heterocycles. The third-order valence-corrected chi connectivity index (χ3v) is 8.69. The number of rotatable bonds is 8. The van der Waals surface area contributed by atoms with Crippen LogP contribution in [0, 0.1) is 5.92 Å². The number of halogens is 2. The molecule has 41 heavy (non-hydrogen) atoms. The lowest BCUT2D eigenvalue weighted by molar-refractivity contribution is -0.142. The van der Waals surface area contributed by atoms with E-state index in [0.29, 0.717) is 40.1 Å². The van der Waals surface area contributed by atoms with Gasteiger partial charge in [0.25, 0.3) is 0 Å². The van der Waals surface area contributed by atoms with Crippen molar-refractivity contribution in [2.75, 3.05) is 51.3 Å². The zero-order valence-electron chi connectivity index (χ0n) is 23.1. The first-order valence-electron chi connectivity index (χ1n) is 14.2. The number of piperidine rings is 1. The van der Waals surface area contributed by atoms with Crippen molar-refractivity contribution in [3.05, 3.63) is 58.3 Å². The Morgan fingerprint density at radius 2 is 1.71 bits per heavy atom. The lowest BCUT2D eigenvalue weighted by Gasteiger charge is -2.34. The summed E-state index contributed by atoms with van der Waals surface area (Å²) in [5.74, 6) is 1.95. The van der Waals surface area contributed by atoms with E-state index in [0.717, 1.165) is 87.8 Å². The molecule has 3 aliphatic rings. The molecular formula is C30H34Cl2N6O3. The molecular weight excluding hydrogens is 563 g/mol. The van der Waals surface area contributed by atoms with E-state index in [1.54, 1.807) is 18.5 Å². The van der Waals surface area contributed by atoms with Crippen molar-refractivity contribution in [3.63, 3.8) is 0 Å². The maximum atomic E-state index is 11.7. The van der Waals surface area contributed by atoms with Crippen molar-refractivity contribution in [2.24, 2.45) is 5.92 Å². The Hall–Kier alpha value is -2.98. The Morgan fingerprint density at radius 1 is 0.951 bits per heavy atom. The highest BCUT2D eigenvalue weighted by Gasteiger charge is 2.33. The number of hydrogen-bond acceptors (Lipinski definition) is 9. The SMILES string of the molecule is COC(=O)CC1CCN(Cc2cc(Oc3cnc(N4CCN5CCC4C5)nc3)nc(-c3cc(Cl)cc(Cl)c3)c2)CC1. The predicted molar refractivity (Wildman–Crippen MR) is 159 cm³/mol. The van der Waals surface area contributed by atoms with E-state index in [9.17, 15) is 4.79 Å². The van der Waals surface area contributed by atoms with Crippen molar-refractivity contribution >= 4 is 35.1 Å². The summed E-state index contributed by atoms with van der Waals surface area (Å²) in [6.07, 6.45) is 6.99. The Morgan fingerprint density at radius 3 is 2.44 bits per heavy atom. The average molecular weight is 598 g/mol. The number of fused-ring (bicyclic) bond motifs is 2. The molecule has 3 fully saturated rings. The third kappa shape index (κ3) is 6.92. The van der Waals surface area contributed by atoms with E-state index in [1.165, 1.54) is 7.11 Å². The van der Waals surface area contributed by atoms with Gasteiger partial charge in [0.1, 0.15) is 0 Å². The molecule has 6 rings (SSSR count). The van der Waals surface area contributed by atoms with Crippen molar-refractivity contribution < 1.29 is 14.3 Å². The molecule has 0 N–H and O–H groups in total. The number of pyridine rings is 1. The second kappa shape index (κ2) is 12.5. The van der Waals surface area contributed by atoms with Gasteiger partial charge < -0.3 is 14.4 Å². The number of ether oxygens (including phenoxy) is 2. The molecule has 1 aromatic carbocycles. The number of esters is 1. The zero-order valence-corrected chi connectivity index (χ0v) is 24.7. The summed E-state index contributed by atoms with van der Waals surface area (Å²) >= 11 is 12.6. The predicted octanol–water partition coefficient (Wildman–Crippen LogP) is 5.31. The number of aromatic nitrogens is 3. The third-order valence-electron chi connectivity index (χ3n) is 8.26. The van der Waals surface area contributed by atoms with Crippen molar-refractivity contribution in [1.82, 2.24) is 24.8 Å². The number of hydrogen-bond donors (Lipinski definition) is 0. The van der Waals surface area contributed by atoms with Crippen LogP contribution in [0.2, 0.25) is 10.0 Å². The minimum Gasteiger partial charge on any atom is -0.469 e. The largest absolute Gasteiger partial charge is 0.469 e. The summed E-state index contributed by atoms with van der Waals surface area (Å²) in [5.41, 5.74) is 2.59. The van der Waals surface area contributed by atoms with Gasteiger partial charge in [-0.25, -0.2) is 15.0 Å². The van der Waals surface area contributed by atoms with Gasteiger partial charge in [-0.05, 0) is 68.1 Å². The molecule has 3 aliphatic heterocycles. The standard InChI is InChI=1S/C30H34Cl2N6O3/c1-40-29(39)12-20-2-5-36(6-3-20)18-21-10-27(22-13-23(31)15-24(32)14-22)35-28(11-21)41-26-16-33-30(34-17-26)38-9-8-37-7-4-25(38)19-37/h10-11,13-17,20,25H,2-9,12,18-19H2,1H3. The van der Waals surface area contributed by atoms with E-state index >= 15 is 0 Å². The molecule has 2 aromatic heterocycles. The monoisotopic (exact) mass is 596 g/mol. The number of carbonyl (C=O) groups excluding carboxylic acids is 1. The Bertz CT molecular complexity index is 1360. The highest BCUT2D eigenvalue weighted by molar-refractivity contribution is 6.35. The van der Waals surface area contributed by atoms with E-state index < -0.39 is 0 Å². The zero-order chi connectivity index (χ0) is 28.3. The van der Waals surface area contributed by atoms with Crippen LogP contribution in [-0.4, -0.2) is 83.1 Å². The second-order valence-electron chi connectivity index (χ2n) is 11.1. The molecule has 2 unspecified atom stereocenters. The average Bonchev–Trinajstić information content (AvgIpc) is 3.34. The van der Waals surface area contributed by atoms with E-state index in [1.807, 2.05) is 18.2 Å². The van der Waals surface area contributed by atoms with Crippen molar-refractivity contribution in [1.29, 1.82) is 0 Å². The van der Waals surface area contributed by atoms with Gasteiger partial charge in [0.05, 0.1) is 25.2 Å². The Balaban J connectivity index is 1.20. The summed E-state index contributed by atoms with van der Waals surface area (Å²) < 4.78 is 11.1. The Labute approximate surface area is 250 Å². The molecule has 0 saturated carbocycles. The highest BCUT2D eigenvalue weighted by atomic mass is 35.5. The number of piperazine rings is 1. The number of methoxy groups -OCH3 is 1. The van der Waals surface area contributed by atoms with Gasteiger partial charge >= 0.3 is 5.97 Å². The van der Waals surface area contributed by atoms with E-state index in [2.05, 4.69) is 30.7 Å². The lowest BCUT2D eigenvalue weighted by atomic mass is 9.93.